The van der Waals surface area contributed by atoms with Crippen molar-refractivity contribution in [3.63, 3.8) is 0 Å². The van der Waals surface area contributed by atoms with Crippen LogP contribution in [0, 0.1) is 5.41 Å². The first-order valence-electron chi connectivity index (χ1n) is 10.2. The van der Waals surface area contributed by atoms with E-state index in [1.807, 2.05) is 0 Å². The van der Waals surface area contributed by atoms with Crippen LogP contribution in [-0.2, 0) is 13.1 Å². The molecule has 0 radical (unpaired) electrons. The first kappa shape index (κ1) is 19.2. The molecule has 0 amide bonds. The van der Waals surface area contributed by atoms with Gasteiger partial charge in [0.1, 0.15) is 0 Å². The molecule has 0 aromatic heterocycles. The Hall–Kier alpha value is -1.59. The molecule has 1 aromatic carbocycles. The Kier molecular flexibility index (Phi) is 6.92. The summed E-state index contributed by atoms with van der Waals surface area (Å²) < 4.78 is 0. The van der Waals surface area contributed by atoms with E-state index in [-0.39, 0.29) is 12.0 Å². The lowest BCUT2D eigenvalue weighted by Gasteiger charge is -2.26. The largest absolute Gasteiger partial charge is 0.396 e. The molecule has 2 aliphatic rings. The second-order valence-corrected chi connectivity index (χ2v) is 7.86. The van der Waals surface area contributed by atoms with E-state index in [2.05, 4.69) is 46.7 Å². The molecule has 1 aliphatic heterocycles. The molecule has 0 bridgehead atoms. The summed E-state index contributed by atoms with van der Waals surface area (Å²) in [5.41, 5.74) is 2.71. The fourth-order valence-electron chi connectivity index (χ4n) is 3.48. The summed E-state index contributed by atoms with van der Waals surface area (Å²) >= 11 is 0. The zero-order valence-electron chi connectivity index (χ0n) is 16.1. The SMILES string of the molecule is CCNC(=NCc1ccc(CN2CCCCC2)cc1)NCC1(CO)CC1. The van der Waals surface area contributed by atoms with Gasteiger partial charge in [-0.2, -0.15) is 0 Å². The van der Waals surface area contributed by atoms with Gasteiger partial charge in [0, 0.05) is 25.0 Å². The molecule has 1 aromatic rings. The second kappa shape index (κ2) is 9.38. The number of nitrogens with one attached hydrogen (secondary N) is 2. The van der Waals surface area contributed by atoms with Crippen molar-refractivity contribution >= 4 is 5.96 Å². The number of aliphatic hydroxyl groups excluding tert-OH is 1. The zero-order chi connectivity index (χ0) is 18.2. The quantitative estimate of drug-likeness (QED) is 0.494. The van der Waals surface area contributed by atoms with Crippen molar-refractivity contribution < 1.29 is 5.11 Å². The molecule has 1 aliphatic carbocycles. The first-order chi connectivity index (χ1) is 12.7. The summed E-state index contributed by atoms with van der Waals surface area (Å²) in [5.74, 6) is 0.838. The number of guanidine groups is 1. The topological polar surface area (TPSA) is 59.9 Å². The number of likely N-dealkylation sites (tertiary alicyclic amines) is 1. The van der Waals surface area contributed by atoms with E-state index in [1.54, 1.807) is 0 Å². The van der Waals surface area contributed by atoms with Crippen LogP contribution in [-0.4, -0.2) is 48.8 Å². The summed E-state index contributed by atoms with van der Waals surface area (Å²) in [7, 11) is 0. The monoisotopic (exact) mass is 358 g/mol. The molecular formula is C21H34N4O. The predicted octanol–water partition coefficient (Wildman–Crippen LogP) is 2.50. The highest BCUT2D eigenvalue weighted by atomic mass is 16.3. The van der Waals surface area contributed by atoms with Gasteiger partial charge in [-0.25, -0.2) is 4.99 Å². The lowest BCUT2D eigenvalue weighted by molar-refractivity contribution is 0.212. The van der Waals surface area contributed by atoms with Gasteiger partial charge in [0.2, 0.25) is 0 Å². The third kappa shape index (κ3) is 5.71. The minimum Gasteiger partial charge on any atom is -0.396 e. The van der Waals surface area contributed by atoms with E-state index in [0.717, 1.165) is 38.4 Å². The Bertz CT molecular complexity index is 574. The van der Waals surface area contributed by atoms with Gasteiger partial charge in [-0.15, -0.1) is 0 Å². The molecule has 2 fully saturated rings. The van der Waals surface area contributed by atoms with Crippen LogP contribution < -0.4 is 10.6 Å². The van der Waals surface area contributed by atoms with E-state index in [4.69, 9.17) is 4.99 Å². The van der Waals surface area contributed by atoms with Crippen molar-refractivity contribution in [2.45, 2.75) is 52.1 Å². The van der Waals surface area contributed by atoms with Crippen LogP contribution in [0.5, 0.6) is 0 Å². The van der Waals surface area contributed by atoms with Crippen molar-refractivity contribution in [1.29, 1.82) is 0 Å². The van der Waals surface area contributed by atoms with E-state index in [1.165, 1.54) is 43.5 Å². The fraction of sp³-hybridized carbons (Fsp3) is 0.667. The molecule has 3 rings (SSSR count). The molecule has 1 saturated heterocycles. The minimum atomic E-state index is 0.0896. The average molecular weight is 359 g/mol. The summed E-state index contributed by atoms with van der Waals surface area (Å²) in [6, 6.07) is 8.88. The molecule has 26 heavy (non-hydrogen) atoms. The number of rotatable bonds is 8. The van der Waals surface area contributed by atoms with E-state index in [0.29, 0.717) is 6.54 Å². The van der Waals surface area contributed by atoms with Gasteiger partial charge >= 0.3 is 0 Å². The van der Waals surface area contributed by atoms with Crippen LogP contribution in [0.25, 0.3) is 0 Å². The third-order valence-electron chi connectivity index (χ3n) is 5.57. The number of hydrogen-bond acceptors (Lipinski definition) is 3. The van der Waals surface area contributed by atoms with Crippen molar-refractivity contribution in [3.8, 4) is 0 Å². The van der Waals surface area contributed by atoms with Crippen LogP contribution >= 0.6 is 0 Å². The molecule has 1 heterocycles. The van der Waals surface area contributed by atoms with E-state index < -0.39 is 0 Å². The second-order valence-electron chi connectivity index (χ2n) is 7.86. The zero-order valence-corrected chi connectivity index (χ0v) is 16.1. The van der Waals surface area contributed by atoms with Crippen molar-refractivity contribution in [3.05, 3.63) is 35.4 Å². The maximum atomic E-state index is 9.45. The summed E-state index contributed by atoms with van der Waals surface area (Å²) in [6.45, 7) is 8.18. The van der Waals surface area contributed by atoms with Crippen LogP contribution in [0.1, 0.15) is 50.2 Å². The van der Waals surface area contributed by atoms with Gasteiger partial charge in [0.15, 0.2) is 5.96 Å². The number of piperidine rings is 1. The standard InChI is InChI=1S/C21H34N4O/c1-2-22-20(24-16-21(17-26)10-11-21)23-14-18-6-8-19(9-7-18)15-25-12-4-3-5-13-25/h6-9,26H,2-5,10-17H2,1H3,(H2,22,23,24). The Morgan fingerprint density at radius 3 is 2.38 bits per heavy atom. The summed E-state index contributed by atoms with van der Waals surface area (Å²) in [6.07, 6.45) is 6.27. The van der Waals surface area contributed by atoms with Crippen LogP contribution in [0.2, 0.25) is 0 Å². The van der Waals surface area contributed by atoms with Gasteiger partial charge in [-0.1, -0.05) is 30.7 Å². The number of hydrogen-bond donors (Lipinski definition) is 3. The summed E-state index contributed by atoms with van der Waals surface area (Å²) in [5, 5.41) is 16.1. The maximum absolute atomic E-state index is 9.45. The lowest BCUT2D eigenvalue weighted by atomic mass is 10.1. The minimum absolute atomic E-state index is 0.0896. The predicted molar refractivity (Wildman–Crippen MR) is 107 cm³/mol. The Labute approximate surface area is 157 Å². The van der Waals surface area contributed by atoms with Gasteiger partial charge in [0.25, 0.3) is 0 Å². The molecule has 0 atom stereocenters. The first-order valence-corrected chi connectivity index (χ1v) is 10.2. The molecule has 144 valence electrons. The molecule has 1 saturated carbocycles. The van der Waals surface area contributed by atoms with E-state index in [9.17, 15) is 5.11 Å². The normalized spacial score (nSPS) is 20.0. The number of nitrogens with zero attached hydrogens (tertiary/aromatic N) is 2. The molecular weight excluding hydrogens is 324 g/mol. The lowest BCUT2D eigenvalue weighted by Crippen LogP contribution is -2.41. The highest BCUT2D eigenvalue weighted by molar-refractivity contribution is 5.79. The smallest absolute Gasteiger partial charge is 0.191 e. The van der Waals surface area contributed by atoms with Crippen LogP contribution in [0.4, 0.5) is 0 Å². The Balaban J connectivity index is 1.50. The molecule has 5 heteroatoms. The highest BCUT2D eigenvalue weighted by Crippen LogP contribution is 2.44. The summed E-state index contributed by atoms with van der Waals surface area (Å²) in [4.78, 5) is 7.25. The van der Waals surface area contributed by atoms with Crippen molar-refractivity contribution in [2.24, 2.45) is 10.4 Å². The third-order valence-corrected chi connectivity index (χ3v) is 5.57. The number of aliphatic imine (C=N–C) groups is 1. The average Bonchev–Trinajstić information content (AvgIpc) is 3.47. The van der Waals surface area contributed by atoms with Gasteiger partial charge in [0.05, 0.1) is 13.2 Å². The Morgan fingerprint density at radius 2 is 1.77 bits per heavy atom. The van der Waals surface area contributed by atoms with Gasteiger partial charge < -0.3 is 15.7 Å². The Morgan fingerprint density at radius 1 is 1.08 bits per heavy atom. The number of aliphatic hydroxyl groups is 1. The molecule has 3 N–H and O–H groups in total. The molecule has 5 nitrogen and oxygen atoms in total. The number of benzene rings is 1. The van der Waals surface area contributed by atoms with E-state index >= 15 is 0 Å². The maximum Gasteiger partial charge on any atom is 0.191 e. The van der Waals surface area contributed by atoms with Crippen molar-refractivity contribution in [1.82, 2.24) is 15.5 Å². The molecule has 0 spiro atoms. The van der Waals surface area contributed by atoms with Gasteiger partial charge in [-0.3, -0.25) is 4.90 Å². The van der Waals surface area contributed by atoms with Gasteiger partial charge in [-0.05, 0) is 56.8 Å². The van der Waals surface area contributed by atoms with Crippen LogP contribution in [0.3, 0.4) is 0 Å². The fourth-order valence-corrected chi connectivity index (χ4v) is 3.48. The highest BCUT2D eigenvalue weighted by Gasteiger charge is 2.41. The van der Waals surface area contributed by atoms with Crippen LogP contribution in [0.15, 0.2) is 29.3 Å². The molecule has 0 unspecified atom stereocenters. The van der Waals surface area contributed by atoms with Crippen molar-refractivity contribution in [2.75, 3.05) is 32.8 Å².